The molecule has 0 saturated heterocycles. The summed E-state index contributed by atoms with van der Waals surface area (Å²) in [6.07, 6.45) is 0.502. The highest BCUT2D eigenvalue weighted by molar-refractivity contribution is 5.75. The number of phenolic OH excluding ortho intramolecular Hbond substituents is 1. The average molecular weight is 341 g/mol. The average Bonchev–Trinajstić information content (AvgIpc) is 2.62. The molecule has 2 rings (SSSR count). The van der Waals surface area contributed by atoms with E-state index in [1.165, 1.54) is 0 Å². The number of amides is 1. The second-order valence-electron chi connectivity index (χ2n) is 6.10. The molecule has 0 aliphatic heterocycles. The number of carbonyl (C=O) groups is 1. The van der Waals surface area contributed by atoms with Gasteiger partial charge in [0.25, 0.3) is 0 Å². The number of rotatable bonds is 7. The van der Waals surface area contributed by atoms with Crippen LogP contribution < -0.4 is 5.43 Å². The molecule has 1 unspecified atom stereocenters. The van der Waals surface area contributed by atoms with Gasteiger partial charge >= 0.3 is 0 Å². The van der Waals surface area contributed by atoms with Crippen LogP contribution in [0.25, 0.3) is 0 Å². The molecule has 0 saturated carbocycles. The molecular formula is C18H19N3O4. The Morgan fingerprint density at radius 1 is 1.12 bits per heavy atom. The van der Waals surface area contributed by atoms with Gasteiger partial charge in [-0.05, 0) is 53.4 Å². The number of aromatic hydroxyl groups is 1. The minimum absolute atomic E-state index is 0.0931. The number of phenols is 1. The summed E-state index contributed by atoms with van der Waals surface area (Å²) in [4.78, 5) is 32.5. The summed E-state index contributed by atoms with van der Waals surface area (Å²) >= 11 is 0. The predicted molar refractivity (Wildman–Crippen MR) is 94.4 cm³/mol. The van der Waals surface area contributed by atoms with Gasteiger partial charge in [-0.2, -0.15) is 0 Å². The quantitative estimate of drug-likeness (QED) is 0.586. The van der Waals surface area contributed by atoms with Gasteiger partial charge in [0.15, 0.2) is 0 Å². The van der Waals surface area contributed by atoms with Gasteiger partial charge in [0.05, 0.1) is 5.29 Å². The number of hydrogen-bond donors (Lipinski definition) is 2. The van der Waals surface area contributed by atoms with E-state index in [-0.39, 0.29) is 12.2 Å². The second kappa shape index (κ2) is 7.65. The first-order valence-electron chi connectivity index (χ1n) is 7.76. The molecule has 1 atom stereocenters. The van der Waals surface area contributed by atoms with Gasteiger partial charge in [-0.1, -0.05) is 31.2 Å². The van der Waals surface area contributed by atoms with Crippen molar-refractivity contribution in [3.05, 3.63) is 69.0 Å². The summed E-state index contributed by atoms with van der Waals surface area (Å²) in [7, 11) is 0. The number of nitroso groups, excluding NO2 is 2. The predicted octanol–water partition coefficient (Wildman–Crippen LogP) is 3.98. The van der Waals surface area contributed by atoms with E-state index in [0.717, 1.165) is 11.1 Å². The van der Waals surface area contributed by atoms with Crippen molar-refractivity contribution in [2.75, 3.05) is 0 Å². The van der Waals surface area contributed by atoms with Gasteiger partial charge in [0.2, 0.25) is 5.91 Å². The minimum Gasteiger partial charge on any atom is -0.508 e. The Labute approximate surface area is 145 Å². The fraction of sp³-hybridized carbons (Fsp3) is 0.278. The largest absolute Gasteiger partial charge is 0.508 e. The maximum Gasteiger partial charge on any atom is 0.242 e. The molecule has 0 fully saturated rings. The first-order chi connectivity index (χ1) is 11.9. The highest BCUT2D eigenvalue weighted by Crippen LogP contribution is 2.38. The van der Waals surface area contributed by atoms with E-state index in [1.54, 1.807) is 43.3 Å². The van der Waals surface area contributed by atoms with Crippen LogP contribution in [0.2, 0.25) is 0 Å². The molecule has 2 N–H and O–H groups in total. The molecule has 2 aromatic rings. The van der Waals surface area contributed by atoms with Crippen molar-refractivity contribution in [2.24, 2.45) is 10.5 Å². The van der Waals surface area contributed by atoms with E-state index >= 15 is 0 Å². The van der Waals surface area contributed by atoms with E-state index in [2.05, 4.69) is 10.5 Å². The van der Waals surface area contributed by atoms with Gasteiger partial charge in [-0.3, -0.25) is 4.79 Å². The Bertz CT molecular complexity index is 789. The smallest absolute Gasteiger partial charge is 0.242 e. The summed E-state index contributed by atoms with van der Waals surface area (Å²) in [5.41, 5.74) is 4.15. The van der Waals surface area contributed by atoms with Gasteiger partial charge in [-0.25, -0.2) is 5.43 Å². The highest BCUT2D eigenvalue weighted by atomic mass is 16.3. The number of nitrogens with zero attached hydrogens (tertiary/aromatic N) is 2. The second-order valence-corrected chi connectivity index (χ2v) is 6.10. The molecule has 0 bridgehead atoms. The molecule has 7 nitrogen and oxygen atoms in total. The third-order valence-electron chi connectivity index (χ3n) is 4.47. The summed E-state index contributed by atoms with van der Waals surface area (Å²) in [6, 6.07) is 12.1. The van der Waals surface area contributed by atoms with Crippen LogP contribution in [-0.2, 0) is 10.2 Å². The molecular weight excluding hydrogens is 322 g/mol. The van der Waals surface area contributed by atoms with Crippen molar-refractivity contribution in [3.63, 3.8) is 0 Å². The van der Waals surface area contributed by atoms with Gasteiger partial charge in [-0.15, -0.1) is 9.81 Å². The fourth-order valence-corrected chi connectivity index (χ4v) is 2.81. The molecule has 0 aliphatic rings. The molecule has 1 amide bonds. The van der Waals surface area contributed by atoms with E-state index in [0.29, 0.717) is 17.7 Å². The molecule has 0 aromatic heterocycles. The van der Waals surface area contributed by atoms with E-state index in [1.807, 2.05) is 18.4 Å². The lowest BCUT2D eigenvalue weighted by Crippen LogP contribution is -2.27. The van der Waals surface area contributed by atoms with Crippen molar-refractivity contribution in [3.8, 4) is 5.75 Å². The van der Waals surface area contributed by atoms with Crippen molar-refractivity contribution < 1.29 is 9.90 Å². The van der Waals surface area contributed by atoms with Crippen LogP contribution in [0.4, 0.5) is 5.69 Å². The summed E-state index contributed by atoms with van der Waals surface area (Å²) in [6.45, 7) is 3.76. The molecule has 0 spiro atoms. The molecule has 2 aromatic carbocycles. The highest BCUT2D eigenvalue weighted by Gasteiger charge is 2.30. The lowest BCUT2D eigenvalue weighted by atomic mass is 9.72. The number of nitrogens with one attached hydrogen (secondary N) is 1. The molecule has 0 heterocycles. The number of aryl methyl sites for hydroxylation is 1. The minimum atomic E-state index is -0.569. The van der Waals surface area contributed by atoms with Crippen LogP contribution >= 0.6 is 0 Å². The molecule has 7 heteroatoms. The molecule has 0 aliphatic carbocycles. The zero-order valence-electron chi connectivity index (χ0n) is 14.0. The topological polar surface area (TPSA) is 108 Å². The SMILES string of the molecule is Cc1cc(C(C)(CCC(=O)NN=O)c2ccc(N=O)cc2)ccc1O. The summed E-state index contributed by atoms with van der Waals surface area (Å²) < 4.78 is 0. The van der Waals surface area contributed by atoms with Crippen LogP contribution in [0, 0.1) is 16.7 Å². The Balaban J connectivity index is 2.44. The first-order valence-corrected chi connectivity index (χ1v) is 7.76. The van der Waals surface area contributed by atoms with Crippen molar-refractivity contribution in [1.29, 1.82) is 0 Å². The number of hydrogen-bond acceptors (Lipinski definition) is 6. The lowest BCUT2D eigenvalue weighted by molar-refractivity contribution is -0.121. The van der Waals surface area contributed by atoms with E-state index < -0.39 is 11.3 Å². The van der Waals surface area contributed by atoms with Gasteiger partial charge in [0, 0.05) is 11.8 Å². The Morgan fingerprint density at radius 3 is 2.32 bits per heavy atom. The fourth-order valence-electron chi connectivity index (χ4n) is 2.81. The molecule has 130 valence electrons. The zero-order valence-corrected chi connectivity index (χ0v) is 14.0. The first kappa shape index (κ1) is 18.3. The molecule has 0 radical (unpaired) electrons. The summed E-state index contributed by atoms with van der Waals surface area (Å²) in [5, 5.41) is 15.1. The Hall–Kier alpha value is -3.09. The van der Waals surface area contributed by atoms with Crippen LogP contribution in [0.5, 0.6) is 5.75 Å². The van der Waals surface area contributed by atoms with Gasteiger partial charge in [0.1, 0.15) is 11.4 Å². The van der Waals surface area contributed by atoms with Crippen LogP contribution in [0.15, 0.2) is 52.9 Å². The normalized spacial score (nSPS) is 12.9. The molecule has 25 heavy (non-hydrogen) atoms. The van der Waals surface area contributed by atoms with Crippen LogP contribution in [-0.4, -0.2) is 11.0 Å². The van der Waals surface area contributed by atoms with E-state index in [4.69, 9.17) is 0 Å². The number of benzene rings is 2. The van der Waals surface area contributed by atoms with Crippen molar-refractivity contribution in [2.45, 2.75) is 32.1 Å². The summed E-state index contributed by atoms with van der Waals surface area (Å²) in [5.74, 6) is -0.280. The standard InChI is InChI=1S/C18H19N3O4/c1-12-11-14(5-8-16(12)22)18(2,10-9-17(23)19-21-25)13-3-6-15(20-24)7-4-13/h3-8,11,22H,9-10H2,1-2H3,(H,19,23,25). The number of carbonyl (C=O) groups excluding carboxylic acids is 1. The van der Waals surface area contributed by atoms with E-state index in [9.17, 15) is 19.7 Å². The third-order valence-corrected chi connectivity index (χ3v) is 4.47. The third kappa shape index (κ3) is 4.06. The maximum atomic E-state index is 11.7. The maximum absolute atomic E-state index is 11.7. The van der Waals surface area contributed by atoms with Crippen LogP contribution in [0.1, 0.15) is 36.5 Å². The van der Waals surface area contributed by atoms with Crippen molar-refractivity contribution >= 4 is 11.6 Å². The zero-order chi connectivity index (χ0) is 18.4. The van der Waals surface area contributed by atoms with Crippen LogP contribution in [0.3, 0.4) is 0 Å². The Morgan fingerprint density at radius 2 is 1.76 bits per heavy atom. The van der Waals surface area contributed by atoms with Gasteiger partial charge < -0.3 is 5.11 Å². The monoisotopic (exact) mass is 341 g/mol. The Kier molecular flexibility index (Phi) is 5.59. The van der Waals surface area contributed by atoms with Crippen molar-refractivity contribution in [1.82, 2.24) is 5.43 Å². The lowest BCUT2D eigenvalue weighted by Gasteiger charge is -2.31.